The van der Waals surface area contributed by atoms with E-state index in [1.54, 1.807) is 36.3 Å². The van der Waals surface area contributed by atoms with Gasteiger partial charge in [0, 0.05) is 30.9 Å². The van der Waals surface area contributed by atoms with Gasteiger partial charge in [-0.05, 0) is 23.8 Å². The molecule has 0 spiro atoms. The molecule has 2 aromatic rings. The number of nitrogens with zero attached hydrogens (tertiary/aromatic N) is 3. The number of halogens is 1. The smallest absolute Gasteiger partial charge is 0.311 e. The summed E-state index contributed by atoms with van der Waals surface area (Å²) in [6.07, 6.45) is 1.54. The van der Waals surface area contributed by atoms with Crippen molar-refractivity contribution >= 4 is 23.1 Å². The van der Waals surface area contributed by atoms with Crippen LogP contribution in [0.1, 0.15) is 5.56 Å². The summed E-state index contributed by atoms with van der Waals surface area (Å²) in [4.78, 5) is 16.3. The third-order valence-corrected chi connectivity index (χ3v) is 2.91. The third kappa shape index (κ3) is 3.20. The van der Waals surface area contributed by atoms with Gasteiger partial charge in [0.25, 0.3) is 0 Å². The van der Waals surface area contributed by atoms with E-state index >= 15 is 0 Å². The molecule has 5 nitrogen and oxygen atoms in total. The molecule has 0 saturated heterocycles. The molecule has 19 heavy (non-hydrogen) atoms. The highest BCUT2D eigenvalue weighted by molar-refractivity contribution is 6.30. The van der Waals surface area contributed by atoms with Crippen molar-refractivity contribution in [1.82, 2.24) is 4.98 Å². The maximum atomic E-state index is 10.9. The van der Waals surface area contributed by atoms with Crippen LogP contribution in [0, 0.1) is 10.1 Å². The minimum atomic E-state index is -0.430. The predicted octanol–water partition coefficient (Wildman–Crippen LogP) is 3.28. The van der Waals surface area contributed by atoms with E-state index in [9.17, 15) is 10.1 Å². The summed E-state index contributed by atoms with van der Waals surface area (Å²) < 4.78 is 0. The van der Waals surface area contributed by atoms with Crippen molar-refractivity contribution in [3.05, 3.63) is 63.3 Å². The van der Waals surface area contributed by atoms with Crippen LogP contribution in [-0.2, 0) is 6.54 Å². The molecule has 0 N–H and O–H groups in total. The molecule has 1 aromatic heterocycles. The highest BCUT2D eigenvalue weighted by Gasteiger charge is 2.17. The van der Waals surface area contributed by atoms with Gasteiger partial charge in [0.1, 0.15) is 0 Å². The van der Waals surface area contributed by atoms with Crippen molar-refractivity contribution in [3.8, 4) is 0 Å². The monoisotopic (exact) mass is 277 g/mol. The van der Waals surface area contributed by atoms with Crippen LogP contribution in [0.15, 0.2) is 42.6 Å². The van der Waals surface area contributed by atoms with Gasteiger partial charge in [-0.25, -0.2) is 4.98 Å². The van der Waals surface area contributed by atoms with E-state index in [-0.39, 0.29) is 5.69 Å². The Morgan fingerprint density at radius 2 is 2.00 bits per heavy atom. The van der Waals surface area contributed by atoms with Gasteiger partial charge in [-0.15, -0.1) is 0 Å². The van der Waals surface area contributed by atoms with Crippen LogP contribution in [-0.4, -0.2) is 17.0 Å². The second kappa shape index (κ2) is 5.67. The Morgan fingerprint density at radius 3 is 2.63 bits per heavy atom. The van der Waals surface area contributed by atoms with Crippen molar-refractivity contribution < 1.29 is 4.92 Å². The zero-order chi connectivity index (χ0) is 13.8. The summed E-state index contributed by atoms with van der Waals surface area (Å²) in [5.41, 5.74) is 1.01. The molecule has 0 bridgehead atoms. The molecule has 0 aliphatic heterocycles. The van der Waals surface area contributed by atoms with Gasteiger partial charge in [0.2, 0.25) is 5.82 Å². The number of hydrogen-bond donors (Lipinski definition) is 0. The molecule has 0 fully saturated rings. The van der Waals surface area contributed by atoms with Crippen molar-refractivity contribution in [1.29, 1.82) is 0 Å². The highest BCUT2D eigenvalue weighted by Crippen LogP contribution is 2.25. The van der Waals surface area contributed by atoms with Crippen LogP contribution in [0.3, 0.4) is 0 Å². The van der Waals surface area contributed by atoms with E-state index < -0.39 is 4.92 Å². The third-order valence-electron chi connectivity index (χ3n) is 2.66. The van der Waals surface area contributed by atoms with Crippen molar-refractivity contribution in [2.45, 2.75) is 6.54 Å². The average molecular weight is 278 g/mol. The molecule has 1 heterocycles. The molecule has 98 valence electrons. The Morgan fingerprint density at radius 1 is 1.32 bits per heavy atom. The quantitative estimate of drug-likeness (QED) is 0.636. The Balaban J connectivity index is 2.22. The first-order valence-corrected chi connectivity index (χ1v) is 6.00. The van der Waals surface area contributed by atoms with Gasteiger partial charge in [0.05, 0.1) is 4.92 Å². The normalized spacial score (nSPS) is 10.2. The van der Waals surface area contributed by atoms with Crippen LogP contribution in [0.4, 0.5) is 11.5 Å². The van der Waals surface area contributed by atoms with Crippen LogP contribution < -0.4 is 4.90 Å². The molecular weight excluding hydrogens is 266 g/mol. The molecule has 0 unspecified atom stereocenters. The Hall–Kier alpha value is -2.14. The lowest BCUT2D eigenvalue weighted by atomic mass is 10.2. The van der Waals surface area contributed by atoms with Crippen molar-refractivity contribution in [2.75, 3.05) is 11.9 Å². The zero-order valence-corrected chi connectivity index (χ0v) is 11.0. The number of pyridine rings is 1. The van der Waals surface area contributed by atoms with E-state index in [0.717, 1.165) is 5.56 Å². The lowest BCUT2D eigenvalue weighted by Crippen LogP contribution is -2.18. The van der Waals surface area contributed by atoms with E-state index in [2.05, 4.69) is 4.98 Å². The largest absolute Gasteiger partial charge is 0.350 e. The van der Waals surface area contributed by atoms with Crippen LogP contribution in [0.25, 0.3) is 0 Å². The van der Waals surface area contributed by atoms with Crippen molar-refractivity contribution in [2.24, 2.45) is 0 Å². The van der Waals surface area contributed by atoms with Gasteiger partial charge >= 0.3 is 5.69 Å². The van der Waals surface area contributed by atoms with Gasteiger partial charge < -0.3 is 4.90 Å². The lowest BCUT2D eigenvalue weighted by Gasteiger charge is -2.17. The number of hydrogen-bond acceptors (Lipinski definition) is 4. The molecule has 2 rings (SSSR count). The number of anilines is 1. The van der Waals surface area contributed by atoms with Crippen LogP contribution in [0.2, 0.25) is 5.02 Å². The summed E-state index contributed by atoms with van der Waals surface area (Å²) in [7, 11) is 1.77. The minimum Gasteiger partial charge on any atom is -0.350 e. The number of nitro groups is 1. The van der Waals surface area contributed by atoms with E-state index in [1.165, 1.54) is 6.07 Å². The Bertz CT molecular complexity index is 587. The van der Waals surface area contributed by atoms with Gasteiger partial charge in [-0.1, -0.05) is 23.7 Å². The fourth-order valence-corrected chi connectivity index (χ4v) is 1.89. The maximum absolute atomic E-state index is 10.9. The molecule has 0 aliphatic rings. The van der Waals surface area contributed by atoms with E-state index in [4.69, 9.17) is 11.6 Å². The van der Waals surface area contributed by atoms with Gasteiger partial charge in [-0.3, -0.25) is 10.1 Å². The standard InChI is InChI=1S/C13H12ClN3O2/c1-16(9-10-4-6-11(14)7-5-10)13-12(17(18)19)3-2-8-15-13/h2-8H,9H2,1H3. The second-order valence-electron chi connectivity index (χ2n) is 4.09. The first kappa shape index (κ1) is 13.3. The Kier molecular flexibility index (Phi) is 3.97. The van der Waals surface area contributed by atoms with Crippen LogP contribution in [0.5, 0.6) is 0 Å². The zero-order valence-electron chi connectivity index (χ0n) is 10.3. The predicted molar refractivity (Wildman–Crippen MR) is 74.5 cm³/mol. The summed E-state index contributed by atoms with van der Waals surface area (Å²) in [5, 5.41) is 11.6. The highest BCUT2D eigenvalue weighted by atomic mass is 35.5. The van der Waals surface area contributed by atoms with Crippen LogP contribution >= 0.6 is 11.6 Å². The first-order chi connectivity index (χ1) is 9.08. The minimum absolute atomic E-state index is 0.000960. The molecule has 6 heteroatoms. The second-order valence-corrected chi connectivity index (χ2v) is 4.52. The average Bonchev–Trinajstić information content (AvgIpc) is 2.41. The number of rotatable bonds is 4. The lowest BCUT2D eigenvalue weighted by molar-refractivity contribution is -0.384. The Labute approximate surface area is 115 Å². The van der Waals surface area contributed by atoms with E-state index in [1.807, 2.05) is 12.1 Å². The molecule has 0 amide bonds. The first-order valence-electron chi connectivity index (χ1n) is 5.63. The molecule has 0 atom stereocenters. The molecular formula is C13H12ClN3O2. The molecule has 0 radical (unpaired) electrons. The fraction of sp³-hybridized carbons (Fsp3) is 0.154. The van der Waals surface area contributed by atoms with E-state index in [0.29, 0.717) is 17.4 Å². The summed E-state index contributed by atoms with van der Waals surface area (Å²) in [6.45, 7) is 0.523. The SMILES string of the molecule is CN(Cc1ccc(Cl)cc1)c1ncccc1[N+](=O)[O-]. The number of aromatic nitrogens is 1. The topological polar surface area (TPSA) is 59.3 Å². The summed E-state index contributed by atoms with van der Waals surface area (Å²) in [5.74, 6) is 0.349. The maximum Gasteiger partial charge on any atom is 0.311 e. The van der Waals surface area contributed by atoms with Gasteiger partial charge in [0.15, 0.2) is 0 Å². The molecule has 1 aromatic carbocycles. The summed E-state index contributed by atoms with van der Waals surface area (Å²) in [6, 6.07) is 10.3. The molecule has 0 saturated carbocycles. The summed E-state index contributed by atoms with van der Waals surface area (Å²) >= 11 is 5.82. The molecule has 0 aliphatic carbocycles. The number of benzene rings is 1. The van der Waals surface area contributed by atoms with Crippen molar-refractivity contribution in [3.63, 3.8) is 0 Å². The van der Waals surface area contributed by atoms with Gasteiger partial charge in [-0.2, -0.15) is 0 Å². The fourth-order valence-electron chi connectivity index (χ4n) is 1.76.